The van der Waals surface area contributed by atoms with Gasteiger partial charge in [-0.05, 0) is 56.1 Å². The average Bonchev–Trinajstić information content (AvgIpc) is 2.91. The molecular weight excluding hydrogens is 454 g/mol. The molecule has 0 saturated heterocycles. The predicted octanol–water partition coefficient (Wildman–Crippen LogP) is -1.65. The minimum Gasteiger partial charge on any atom is -0.822 e. The Morgan fingerprint density at radius 2 is 1.84 bits per heavy atom. The number of rotatable bonds is 2. The first-order chi connectivity index (χ1) is 14.2. The van der Waals surface area contributed by atoms with Crippen LogP contribution in [-0.4, -0.2) is 62.6 Å². The fourth-order valence-corrected chi connectivity index (χ4v) is 6.92. The molecule has 174 valence electrons. The molecule has 0 bridgehead atoms. The van der Waals surface area contributed by atoms with Crippen molar-refractivity contribution in [1.82, 2.24) is 0 Å². The van der Waals surface area contributed by atoms with E-state index in [1.165, 1.54) is 0 Å². The zero-order valence-electron chi connectivity index (χ0n) is 18.1. The Morgan fingerprint density at radius 1 is 1.25 bits per heavy atom. The Morgan fingerprint density at radius 3 is 2.41 bits per heavy atom. The summed E-state index contributed by atoms with van der Waals surface area (Å²) in [6.45, 7) is 3.34. The molecule has 32 heavy (non-hydrogen) atoms. The smallest absolute Gasteiger partial charge is 0.822 e. The molecule has 3 N–H and O–H groups in total. The Bertz CT molecular complexity index is 874. The maximum Gasteiger partial charge on any atom is 3.00 e. The summed E-state index contributed by atoms with van der Waals surface area (Å²) in [6.07, 6.45) is 7.68. The Labute approximate surface area is 197 Å². The maximum absolute atomic E-state index is 12.4. The monoisotopic (exact) mass is 482 g/mol. The van der Waals surface area contributed by atoms with Crippen molar-refractivity contribution in [3.8, 4) is 0 Å². The fourth-order valence-electron chi connectivity index (χ4n) is 6.92. The standard InChI is InChI=1S/C21H28O5.Al.H3O4P/c1-19-7-5-13(23)9-12(19)3-4-14-15-6-8-21(26,17(25)11-22)20(15,2)10-16(24)18(14)19;;1-5(2,3)4/h5,7,9,14-16,18,22,24,26H,3-4,6,8,10-11H2,1-2H3;;(H3,1,2,3,4)/q;+3;/p-3/t14-,15-,16-,18+,19-,20-,21-;;/m0../s1. The molecule has 4 aliphatic rings. The Balaban J connectivity index is 0.000000548. The van der Waals surface area contributed by atoms with Gasteiger partial charge >= 0.3 is 17.4 Å². The van der Waals surface area contributed by atoms with Gasteiger partial charge in [-0.1, -0.05) is 25.5 Å². The number of hydrogen-bond acceptors (Lipinski definition) is 9. The normalized spacial score (nSPS) is 42.4. The summed E-state index contributed by atoms with van der Waals surface area (Å²) >= 11 is 0. The van der Waals surface area contributed by atoms with Crippen molar-refractivity contribution in [3.63, 3.8) is 0 Å². The number of aliphatic hydroxyl groups excluding tert-OH is 2. The zero-order chi connectivity index (χ0) is 23.4. The van der Waals surface area contributed by atoms with Crippen LogP contribution in [0.15, 0.2) is 23.8 Å². The van der Waals surface area contributed by atoms with E-state index in [-0.39, 0.29) is 46.3 Å². The van der Waals surface area contributed by atoms with E-state index in [0.29, 0.717) is 12.8 Å². The molecule has 0 spiro atoms. The number of carbonyl (C=O) groups is 2. The van der Waals surface area contributed by atoms with E-state index in [4.69, 9.17) is 19.2 Å². The first-order valence-electron chi connectivity index (χ1n) is 10.4. The van der Waals surface area contributed by atoms with Gasteiger partial charge in [-0.3, -0.25) is 9.59 Å². The van der Waals surface area contributed by atoms with Gasteiger partial charge < -0.3 is 34.6 Å². The molecule has 4 aliphatic carbocycles. The summed E-state index contributed by atoms with van der Waals surface area (Å²) < 4.78 is 8.55. The number of hydrogen-bond donors (Lipinski definition) is 3. The molecule has 0 aliphatic heterocycles. The van der Waals surface area contributed by atoms with Crippen molar-refractivity contribution >= 4 is 36.8 Å². The second kappa shape index (κ2) is 9.18. The summed E-state index contributed by atoms with van der Waals surface area (Å²) in [5.74, 6) is -0.227. The average molecular weight is 482 g/mol. The SMILES string of the molecule is C[C@]12C=CC(=O)C=C1CC[C@@H]1[C@@H]2[C@@H](O)C[C@@]2(C)[C@H]1CC[C@]2(O)C(=O)CO.O=P([O-])([O-])[O-].[Al+3]. The topological polar surface area (TPSA) is 181 Å². The number of fused-ring (bicyclic) bond motifs is 5. The van der Waals surface area contributed by atoms with Crippen molar-refractivity contribution < 1.29 is 44.2 Å². The van der Waals surface area contributed by atoms with E-state index in [1.807, 2.05) is 13.0 Å². The summed E-state index contributed by atoms with van der Waals surface area (Å²) in [7, 11) is -5.39. The van der Waals surface area contributed by atoms with Gasteiger partial charge in [0, 0.05) is 16.7 Å². The fraction of sp³-hybridized carbons (Fsp3) is 0.714. The van der Waals surface area contributed by atoms with E-state index in [1.54, 1.807) is 12.2 Å². The van der Waals surface area contributed by atoms with Crippen LogP contribution in [0.2, 0.25) is 0 Å². The van der Waals surface area contributed by atoms with Crippen LogP contribution in [0.5, 0.6) is 0 Å². The minimum atomic E-state index is -5.39. The largest absolute Gasteiger partial charge is 3.00 e. The summed E-state index contributed by atoms with van der Waals surface area (Å²) in [6, 6.07) is 0. The van der Waals surface area contributed by atoms with Crippen molar-refractivity contribution in [1.29, 1.82) is 0 Å². The third-order valence-electron chi connectivity index (χ3n) is 8.25. The summed E-state index contributed by atoms with van der Waals surface area (Å²) in [5.41, 5.74) is -1.54. The third-order valence-corrected chi connectivity index (χ3v) is 8.25. The van der Waals surface area contributed by atoms with Crippen molar-refractivity contribution in [2.24, 2.45) is 28.6 Å². The first-order valence-corrected chi connectivity index (χ1v) is 11.9. The second-order valence-electron chi connectivity index (χ2n) is 9.64. The van der Waals surface area contributed by atoms with E-state index in [0.717, 1.165) is 24.8 Å². The molecule has 0 amide bonds. The van der Waals surface area contributed by atoms with Gasteiger partial charge in [-0.2, -0.15) is 7.82 Å². The molecule has 0 aromatic heterocycles. The molecule has 3 fully saturated rings. The molecule has 0 aromatic rings. The van der Waals surface area contributed by atoms with Gasteiger partial charge in [0.1, 0.15) is 12.2 Å². The van der Waals surface area contributed by atoms with Gasteiger partial charge in [-0.25, -0.2) is 0 Å². The molecule has 0 heterocycles. The Kier molecular flexibility index (Phi) is 7.91. The van der Waals surface area contributed by atoms with Gasteiger partial charge in [-0.15, -0.1) is 0 Å². The van der Waals surface area contributed by atoms with Crippen LogP contribution in [0.3, 0.4) is 0 Å². The quantitative estimate of drug-likeness (QED) is 0.307. The van der Waals surface area contributed by atoms with Crippen LogP contribution in [0.1, 0.15) is 46.0 Å². The number of Topliss-reactive ketones (excluding diaryl/α,β-unsaturated/α-hetero) is 1. The van der Waals surface area contributed by atoms with Crippen LogP contribution in [-0.2, 0) is 14.2 Å². The van der Waals surface area contributed by atoms with E-state index in [2.05, 4.69) is 6.92 Å². The molecule has 0 radical (unpaired) electrons. The molecular formula is C21H28AlO9P. The van der Waals surface area contributed by atoms with Crippen LogP contribution >= 0.6 is 7.82 Å². The zero-order valence-corrected chi connectivity index (χ0v) is 20.1. The van der Waals surface area contributed by atoms with E-state index < -0.39 is 37.3 Å². The number of ketones is 2. The molecule has 11 heteroatoms. The van der Waals surface area contributed by atoms with E-state index in [9.17, 15) is 24.9 Å². The van der Waals surface area contributed by atoms with Crippen molar-refractivity contribution in [2.75, 3.05) is 6.61 Å². The third kappa shape index (κ3) is 4.50. The van der Waals surface area contributed by atoms with Gasteiger partial charge in [0.2, 0.25) is 0 Å². The van der Waals surface area contributed by atoms with Crippen LogP contribution in [0, 0.1) is 28.6 Å². The number of carbonyl (C=O) groups excluding carboxylic acids is 2. The van der Waals surface area contributed by atoms with Gasteiger partial charge in [0.05, 0.1) is 6.10 Å². The molecule has 0 unspecified atom stereocenters. The molecule has 9 nitrogen and oxygen atoms in total. The van der Waals surface area contributed by atoms with Gasteiger partial charge in [0.25, 0.3) is 0 Å². The number of phosphoric acid groups is 1. The van der Waals surface area contributed by atoms with E-state index >= 15 is 0 Å². The number of aliphatic hydroxyl groups is 3. The predicted molar refractivity (Wildman–Crippen MR) is 108 cm³/mol. The molecule has 4 rings (SSSR count). The second-order valence-corrected chi connectivity index (χ2v) is 10.5. The van der Waals surface area contributed by atoms with Crippen molar-refractivity contribution in [3.05, 3.63) is 23.8 Å². The molecule has 3 saturated carbocycles. The number of allylic oxidation sites excluding steroid dienone is 4. The first kappa shape index (κ1) is 27.6. The summed E-state index contributed by atoms with van der Waals surface area (Å²) in [5, 5.41) is 31.7. The minimum absolute atomic E-state index is 0. The Hall–Kier alpha value is -0.658. The molecule has 7 atom stereocenters. The van der Waals surface area contributed by atoms with Crippen LogP contribution < -0.4 is 14.7 Å². The molecule has 0 aromatic carbocycles. The van der Waals surface area contributed by atoms with Crippen LogP contribution in [0.25, 0.3) is 0 Å². The summed E-state index contributed by atoms with van der Waals surface area (Å²) in [4.78, 5) is 49.8. The van der Waals surface area contributed by atoms with Gasteiger partial charge in [0.15, 0.2) is 11.6 Å². The maximum atomic E-state index is 12.4. The van der Waals surface area contributed by atoms with Crippen molar-refractivity contribution in [2.45, 2.75) is 57.7 Å². The van der Waals surface area contributed by atoms with Crippen LogP contribution in [0.4, 0.5) is 0 Å².